The van der Waals surface area contributed by atoms with E-state index in [0.29, 0.717) is 12.2 Å². The predicted octanol–water partition coefficient (Wildman–Crippen LogP) is -0.389. The van der Waals surface area contributed by atoms with E-state index in [9.17, 15) is 0 Å². The summed E-state index contributed by atoms with van der Waals surface area (Å²) >= 11 is 0. The fraction of sp³-hybridized carbons (Fsp3) is 0.800. The Hall–Kier alpha value is 0.268. The fourth-order valence-corrected chi connectivity index (χ4v) is 1.85. The van der Waals surface area contributed by atoms with Gasteiger partial charge in [0.15, 0.2) is 0 Å². The van der Waals surface area contributed by atoms with Crippen LogP contribution in [0.4, 0.5) is 0 Å². The van der Waals surface area contributed by atoms with Gasteiger partial charge in [-0.15, -0.1) is 6.54 Å². The first kappa shape index (κ1) is 15.3. The van der Waals surface area contributed by atoms with Crippen LogP contribution in [-0.4, -0.2) is 68.8 Å². The van der Waals surface area contributed by atoms with Crippen molar-refractivity contribution in [3.8, 4) is 0 Å². The van der Waals surface area contributed by atoms with Crippen molar-refractivity contribution in [1.82, 2.24) is 20.2 Å². The second kappa shape index (κ2) is 6.77. The second-order valence-corrected chi connectivity index (χ2v) is 4.05. The molecule has 86 valence electrons. The van der Waals surface area contributed by atoms with Gasteiger partial charge in [0.2, 0.25) is 0 Å². The summed E-state index contributed by atoms with van der Waals surface area (Å²) in [5.74, 6) is 0. The Morgan fingerprint density at radius 3 is 2.27 bits per heavy atom. The van der Waals surface area contributed by atoms with Crippen molar-refractivity contribution in [2.24, 2.45) is 0 Å². The van der Waals surface area contributed by atoms with Crippen molar-refractivity contribution in [2.75, 3.05) is 41.8 Å². The van der Waals surface area contributed by atoms with Gasteiger partial charge in [-0.25, -0.2) is 6.08 Å². The molecule has 0 saturated carbocycles. The number of hydrogen-bond acceptors (Lipinski definition) is 4. The maximum Gasteiger partial charge on any atom is 2.00 e. The van der Waals surface area contributed by atoms with E-state index in [4.69, 9.17) is 0 Å². The summed E-state index contributed by atoms with van der Waals surface area (Å²) in [6, 6.07) is 0.381. The Morgan fingerprint density at radius 2 is 1.87 bits per heavy atom. The smallest absolute Gasteiger partial charge is 0.483 e. The quantitative estimate of drug-likeness (QED) is 0.673. The summed E-state index contributed by atoms with van der Waals surface area (Å²) in [5.41, 5.74) is 3.20. The normalized spacial score (nSPS) is 27.1. The topological polar surface area (TPSA) is 21.8 Å². The van der Waals surface area contributed by atoms with Crippen LogP contribution in [0.3, 0.4) is 0 Å². The molecular weight excluding hydrogens is 360 g/mol. The van der Waals surface area contributed by atoms with Crippen LogP contribution in [0.1, 0.15) is 0 Å². The van der Waals surface area contributed by atoms with Crippen LogP contribution in [-0.2, 0) is 21.1 Å². The fourth-order valence-electron chi connectivity index (χ4n) is 1.85. The molecular formula is C10H21N4W+. The van der Waals surface area contributed by atoms with Gasteiger partial charge in [-0.3, -0.25) is 15.3 Å². The molecule has 2 unspecified atom stereocenters. The number of hydrogen-bond donors (Lipinski definition) is 1. The number of hydrazine groups is 1. The first-order valence-electron chi connectivity index (χ1n) is 4.91. The average molecular weight is 381 g/mol. The molecule has 1 N–H and O–H groups in total. The minimum absolute atomic E-state index is 0. The molecule has 0 aromatic carbocycles. The van der Waals surface area contributed by atoms with Crippen molar-refractivity contribution in [1.29, 1.82) is 0 Å². The predicted molar refractivity (Wildman–Crippen MR) is 58.5 cm³/mol. The molecule has 1 aliphatic heterocycles. The molecule has 0 fully saturated rings. The molecule has 2 atom stereocenters. The third-order valence-electron chi connectivity index (χ3n) is 2.59. The Bertz CT molecular complexity index is 206. The molecule has 0 aliphatic carbocycles. The van der Waals surface area contributed by atoms with Gasteiger partial charge < -0.3 is 11.0 Å². The van der Waals surface area contributed by atoms with Crippen LogP contribution >= 0.6 is 0 Å². The molecule has 1 heterocycles. The first-order chi connectivity index (χ1) is 6.57. The summed E-state index contributed by atoms with van der Waals surface area (Å²) in [6.07, 6.45) is 5.78. The summed E-state index contributed by atoms with van der Waals surface area (Å²) in [7, 11) is 10.3. The third kappa shape index (κ3) is 3.65. The van der Waals surface area contributed by atoms with Crippen molar-refractivity contribution >= 4 is 0 Å². The number of rotatable bonds is 3. The molecule has 5 heteroatoms. The van der Waals surface area contributed by atoms with Gasteiger partial charge in [0, 0.05) is 6.04 Å². The van der Waals surface area contributed by atoms with Crippen molar-refractivity contribution < 1.29 is 21.1 Å². The SMILES string of the molecule is CNN1C[C-]=CC(N(C)C)C1N(C)C.[W+2]. The zero-order valence-electron chi connectivity index (χ0n) is 10.2. The van der Waals surface area contributed by atoms with Crippen molar-refractivity contribution in [3.05, 3.63) is 12.2 Å². The molecule has 0 aromatic rings. The van der Waals surface area contributed by atoms with E-state index in [1.165, 1.54) is 0 Å². The van der Waals surface area contributed by atoms with E-state index in [0.717, 1.165) is 6.54 Å². The Balaban J connectivity index is 0.00000196. The number of nitrogens with one attached hydrogen (secondary N) is 1. The second-order valence-electron chi connectivity index (χ2n) is 4.05. The minimum atomic E-state index is 0. The molecule has 4 nitrogen and oxygen atoms in total. The molecule has 0 aromatic heterocycles. The Kier molecular flexibility index (Phi) is 6.89. The number of likely N-dealkylation sites (N-methyl/N-ethyl adjacent to an activating group) is 2. The van der Waals surface area contributed by atoms with E-state index in [1.54, 1.807) is 0 Å². The molecule has 0 saturated heterocycles. The van der Waals surface area contributed by atoms with Gasteiger partial charge in [0.25, 0.3) is 0 Å². The molecule has 1 aliphatic rings. The van der Waals surface area contributed by atoms with Gasteiger partial charge in [0.1, 0.15) is 0 Å². The van der Waals surface area contributed by atoms with Crippen LogP contribution in [0.5, 0.6) is 0 Å². The zero-order valence-corrected chi connectivity index (χ0v) is 13.1. The van der Waals surface area contributed by atoms with E-state index >= 15 is 0 Å². The van der Waals surface area contributed by atoms with Crippen LogP contribution < -0.4 is 5.43 Å². The largest absolute Gasteiger partial charge is 2.00 e. The first-order valence-corrected chi connectivity index (χ1v) is 4.91. The van der Waals surface area contributed by atoms with Gasteiger partial charge in [-0.2, -0.15) is 0 Å². The van der Waals surface area contributed by atoms with Crippen molar-refractivity contribution in [2.45, 2.75) is 12.2 Å². The molecule has 1 rings (SSSR count). The average Bonchev–Trinajstić information content (AvgIpc) is 2.16. The standard InChI is InChI=1S/C10H21N4.W/c1-11-14-8-6-7-9(12(2)3)10(14)13(4)5;/h7,9-11H,8H2,1-5H3;/q-1;+2. The summed E-state index contributed by atoms with van der Waals surface area (Å²) in [4.78, 5) is 4.43. The minimum Gasteiger partial charge on any atom is -0.483 e. The number of nitrogens with zero attached hydrogens (tertiary/aromatic N) is 3. The van der Waals surface area contributed by atoms with Crippen LogP contribution in [0.25, 0.3) is 0 Å². The van der Waals surface area contributed by atoms with Crippen molar-refractivity contribution in [3.63, 3.8) is 0 Å². The Morgan fingerprint density at radius 1 is 1.27 bits per heavy atom. The van der Waals surface area contributed by atoms with E-state index < -0.39 is 0 Å². The van der Waals surface area contributed by atoms with E-state index in [-0.39, 0.29) is 21.1 Å². The van der Waals surface area contributed by atoms with Gasteiger partial charge in [0.05, 0.1) is 6.17 Å². The van der Waals surface area contributed by atoms with Crippen LogP contribution in [0.15, 0.2) is 6.08 Å². The molecule has 0 radical (unpaired) electrons. The molecule has 0 spiro atoms. The van der Waals surface area contributed by atoms with Gasteiger partial charge in [-0.05, 0) is 35.2 Å². The maximum atomic E-state index is 3.27. The van der Waals surface area contributed by atoms with E-state index in [1.807, 2.05) is 7.05 Å². The Labute approximate surface area is 108 Å². The monoisotopic (exact) mass is 381 g/mol. The summed E-state index contributed by atoms with van der Waals surface area (Å²) < 4.78 is 0. The van der Waals surface area contributed by atoms with Crippen LogP contribution in [0, 0.1) is 6.08 Å². The maximum absolute atomic E-state index is 3.27. The molecule has 0 amide bonds. The van der Waals surface area contributed by atoms with Crippen LogP contribution in [0.2, 0.25) is 0 Å². The zero-order chi connectivity index (χ0) is 10.7. The van der Waals surface area contributed by atoms with Gasteiger partial charge in [-0.1, -0.05) is 0 Å². The molecule has 15 heavy (non-hydrogen) atoms. The van der Waals surface area contributed by atoms with E-state index in [2.05, 4.69) is 60.6 Å². The van der Waals surface area contributed by atoms with Gasteiger partial charge >= 0.3 is 21.1 Å². The molecule has 0 bridgehead atoms. The summed E-state index contributed by atoms with van der Waals surface area (Å²) in [5, 5.41) is 2.19. The third-order valence-corrected chi connectivity index (χ3v) is 2.59. The summed E-state index contributed by atoms with van der Waals surface area (Å²) in [6.45, 7) is 0.837.